The van der Waals surface area contributed by atoms with Gasteiger partial charge in [0.15, 0.2) is 0 Å². The van der Waals surface area contributed by atoms with E-state index in [1.807, 2.05) is 0 Å². The monoisotopic (exact) mass is 167 g/mol. The first kappa shape index (κ1) is 7.27. The number of nitro groups is 1. The summed E-state index contributed by atoms with van der Waals surface area (Å²) in [6.07, 6.45) is 4.54. The standard InChI is InChI=1S/C7H9N3O2/c11-10(12)6-4-8-9-7(6)5-2-1-3-5/h4-5H,1-3H2,(H,8,9). The first-order chi connectivity index (χ1) is 5.79. The molecule has 0 radical (unpaired) electrons. The Morgan fingerprint density at radius 1 is 1.67 bits per heavy atom. The molecule has 0 unspecified atom stereocenters. The largest absolute Gasteiger partial charge is 0.310 e. The van der Waals surface area contributed by atoms with E-state index >= 15 is 0 Å². The molecule has 1 aromatic rings. The van der Waals surface area contributed by atoms with Gasteiger partial charge in [-0.15, -0.1) is 0 Å². The quantitative estimate of drug-likeness (QED) is 0.537. The number of nitrogens with zero attached hydrogens (tertiary/aromatic N) is 2. The fourth-order valence-electron chi connectivity index (χ4n) is 1.43. The zero-order valence-electron chi connectivity index (χ0n) is 6.49. The van der Waals surface area contributed by atoms with Gasteiger partial charge in [-0.3, -0.25) is 15.2 Å². The number of nitrogens with one attached hydrogen (secondary N) is 1. The van der Waals surface area contributed by atoms with Crippen LogP contribution >= 0.6 is 0 Å². The molecule has 1 aliphatic rings. The molecule has 12 heavy (non-hydrogen) atoms. The molecular formula is C7H9N3O2. The van der Waals surface area contributed by atoms with Crippen LogP contribution in [0.3, 0.4) is 0 Å². The molecule has 0 bridgehead atoms. The molecular weight excluding hydrogens is 158 g/mol. The van der Waals surface area contributed by atoms with Crippen molar-refractivity contribution in [3.05, 3.63) is 22.0 Å². The normalized spacial score (nSPS) is 17.3. The average Bonchev–Trinajstić information content (AvgIpc) is 2.31. The Morgan fingerprint density at radius 3 is 2.92 bits per heavy atom. The van der Waals surface area contributed by atoms with Crippen molar-refractivity contribution < 1.29 is 4.92 Å². The molecule has 1 heterocycles. The van der Waals surface area contributed by atoms with Gasteiger partial charge in [0.05, 0.1) is 4.92 Å². The zero-order chi connectivity index (χ0) is 8.55. The molecule has 0 spiro atoms. The van der Waals surface area contributed by atoms with Crippen LogP contribution in [0.15, 0.2) is 6.20 Å². The van der Waals surface area contributed by atoms with E-state index in [1.165, 1.54) is 12.6 Å². The van der Waals surface area contributed by atoms with Crippen molar-refractivity contribution in [1.29, 1.82) is 0 Å². The predicted molar refractivity (Wildman–Crippen MR) is 41.8 cm³/mol. The summed E-state index contributed by atoms with van der Waals surface area (Å²) in [6.45, 7) is 0. The van der Waals surface area contributed by atoms with Crippen molar-refractivity contribution in [3.8, 4) is 0 Å². The molecule has 5 heteroatoms. The summed E-state index contributed by atoms with van der Waals surface area (Å²) in [5, 5.41) is 16.8. The molecule has 2 rings (SSSR count). The van der Waals surface area contributed by atoms with Gasteiger partial charge in [-0.2, -0.15) is 5.10 Å². The number of rotatable bonds is 2. The fraction of sp³-hybridized carbons (Fsp3) is 0.571. The van der Waals surface area contributed by atoms with Crippen LogP contribution in [-0.2, 0) is 0 Å². The highest BCUT2D eigenvalue weighted by Gasteiger charge is 2.28. The third kappa shape index (κ3) is 0.975. The van der Waals surface area contributed by atoms with Crippen molar-refractivity contribution >= 4 is 5.69 Å². The molecule has 1 aromatic heterocycles. The Kier molecular flexibility index (Phi) is 1.56. The summed E-state index contributed by atoms with van der Waals surface area (Å²) in [6, 6.07) is 0. The van der Waals surface area contributed by atoms with Crippen LogP contribution in [0.1, 0.15) is 30.9 Å². The minimum atomic E-state index is -0.378. The molecule has 1 aliphatic carbocycles. The van der Waals surface area contributed by atoms with Gasteiger partial charge in [-0.05, 0) is 12.8 Å². The highest BCUT2D eigenvalue weighted by molar-refractivity contribution is 5.35. The van der Waals surface area contributed by atoms with Crippen LogP contribution < -0.4 is 0 Å². The molecule has 0 amide bonds. The molecule has 64 valence electrons. The third-order valence-electron chi connectivity index (χ3n) is 2.36. The van der Waals surface area contributed by atoms with E-state index in [9.17, 15) is 10.1 Å². The highest BCUT2D eigenvalue weighted by atomic mass is 16.6. The number of hydrogen-bond donors (Lipinski definition) is 1. The van der Waals surface area contributed by atoms with Crippen LogP contribution in [0.25, 0.3) is 0 Å². The van der Waals surface area contributed by atoms with Crippen molar-refractivity contribution in [1.82, 2.24) is 10.2 Å². The molecule has 1 fully saturated rings. The van der Waals surface area contributed by atoms with Crippen LogP contribution in [-0.4, -0.2) is 15.1 Å². The number of hydrogen-bond acceptors (Lipinski definition) is 3. The van der Waals surface area contributed by atoms with Gasteiger partial charge >= 0.3 is 5.69 Å². The van der Waals surface area contributed by atoms with Crippen LogP contribution in [0.2, 0.25) is 0 Å². The Balaban J connectivity index is 2.29. The number of aromatic nitrogens is 2. The summed E-state index contributed by atoms with van der Waals surface area (Å²) in [7, 11) is 0. The first-order valence-corrected chi connectivity index (χ1v) is 3.96. The lowest BCUT2D eigenvalue weighted by Gasteiger charge is -2.22. The Labute approximate surface area is 68.9 Å². The Bertz CT molecular complexity index is 303. The second-order valence-corrected chi connectivity index (χ2v) is 3.05. The van der Waals surface area contributed by atoms with Crippen molar-refractivity contribution in [2.45, 2.75) is 25.2 Å². The van der Waals surface area contributed by atoms with Gasteiger partial charge in [-0.25, -0.2) is 0 Å². The maximum atomic E-state index is 10.5. The van der Waals surface area contributed by atoms with Crippen molar-refractivity contribution in [2.24, 2.45) is 0 Å². The highest BCUT2D eigenvalue weighted by Crippen LogP contribution is 2.38. The molecule has 0 atom stereocenters. The predicted octanol–water partition coefficient (Wildman–Crippen LogP) is 1.59. The number of H-pyrrole nitrogens is 1. The smallest absolute Gasteiger partial charge is 0.275 e. The van der Waals surface area contributed by atoms with Crippen molar-refractivity contribution in [2.75, 3.05) is 0 Å². The first-order valence-electron chi connectivity index (χ1n) is 3.96. The second-order valence-electron chi connectivity index (χ2n) is 3.05. The zero-order valence-corrected chi connectivity index (χ0v) is 6.49. The Hall–Kier alpha value is -1.39. The summed E-state index contributed by atoms with van der Waals surface area (Å²) in [5.41, 5.74) is 0.839. The second kappa shape index (κ2) is 2.58. The minimum Gasteiger partial charge on any atom is -0.275 e. The van der Waals surface area contributed by atoms with E-state index < -0.39 is 0 Å². The Morgan fingerprint density at radius 2 is 2.42 bits per heavy atom. The molecule has 0 saturated heterocycles. The lowest BCUT2D eigenvalue weighted by molar-refractivity contribution is -0.385. The summed E-state index contributed by atoms with van der Waals surface area (Å²) < 4.78 is 0. The topological polar surface area (TPSA) is 71.8 Å². The van der Waals surface area contributed by atoms with Gasteiger partial charge < -0.3 is 0 Å². The van der Waals surface area contributed by atoms with Gasteiger partial charge in [-0.1, -0.05) is 6.42 Å². The summed E-state index contributed by atoms with van der Waals surface area (Å²) in [5.74, 6) is 0.341. The maximum Gasteiger partial charge on any atom is 0.310 e. The van der Waals surface area contributed by atoms with Gasteiger partial charge in [0, 0.05) is 5.92 Å². The van der Waals surface area contributed by atoms with Crippen LogP contribution in [0.5, 0.6) is 0 Å². The van der Waals surface area contributed by atoms with E-state index in [4.69, 9.17) is 0 Å². The molecule has 1 N–H and O–H groups in total. The van der Waals surface area contributed by atoms with E-state index in [1.54, 1.807) is 0 Å². The molecule has 0 aliphatic heterocycles. The van der Waals surface area contributed by atoms with Crippen molar-refractivity contribution in [3.63, 3.8) is 0 Å². The SMILES string of the molecule is O=[N+]([O-])c1cn[nH]c1C1CCC1. The van der Waals surface area contributed by atoms with Crippen LogP contribution in [0.4, 0.5) is 5.69 Å². The molecule has 1 saturated carbocycles. The van der Waals surface area contributed by atoms with Gasteiger partial charge in [0.2, 0.25) is 0 Å². The lowest BCUT2D eigenvalue weighted by Crippen LogP contribution is -2.10. The third-order valence-corrected chi connectivity index (χ3v) is 2.36. The summed E-state index contributed by atoms with van der Waals surface area (Å²) in [4.78, 5) is 10.1. The van der Waals surface area contributed by atoms with Crippen LogP contribution in [0, 0.1) is 10.1 Å². The van der Waals surface area contributed by atoms with Gasteiger partial charge in [0.1, 0.15) is 11.9 Å². The fourth-order valence-corrected chi connectivity index (χ4v) is 1.43. The molecule has 0 aromatic carbocycles. The average molecular weight is 167 g/mol. The van der Waals surface area contributed by atoms with E-state index in [2.05, 4.69) is 10.2 Å². The van der Waals surface area contributed by atoms with Gasteiger partial charge in [0.25, 0.3) is 0 Å². The minimum absolute atomic E-state index is 0.139. The molecule has 5 nitrogen and oxygen atoms in total. The van der Waals surface area contributed by atoms with E-state index in [0.717, 1.165) is 12.8 Å². The van der Waals surface area contributed by atoms with E-state index in [0.29, 0.717) is 11.6 Å². The van der Waals surface area contributed by atoms with E-state index in [-0.39, 0.29) is 10.6 Å². The lowest BCUT2D eigenvalue weighted by atomic mass is 9.82. The number of aromatic amines is 1. The summed E-state index contributed by atoms with van der Waals surface area (Å²) >= 11 is 0. The maximum absolute atomic E-state index is 10.5.